The molecule has 1 aromatic heterocycles. The van der Waals surface area contributed by atoms with Gasteiger partial charge in [0.1, 0.15) is 7.11 Å². The van der Waals surface area contributed by atoms with Crippen LogP contribution in [0.5, 0.6) is 0 Å². The largest absolute Gasteiger partial charge is 0.399 e. The van der Waals surface area contributed by atoms with Gasteiger partial charge in [0.15, 0.2) is 0 Å². The molecule has 0 aliphatic carbocycles. The summed E-state index contributed by atoms with van der Waals surface area (Å²) in [5, 5.41) is 3.75. The van der Waals surface area contributed by atoms with Gasteiger partial charge in [-0.2, -0.15) is 0 Å². The van der Waals surface area contributed by atoms with Crippen molar-refractivity contribution in [2.75, 3.05) is 7.11 Å². The van der Waals surface area contributed by atoms with E-state index in [4.69, 9.17) is 0 Å². The molecule has 0 atom stereocenters. The fraction of sp³-hybridized carbons (Fsp3) is 0.333. The van der Waals surface area contributed by atoms with Crippen LogP contribution >= 0.6 is 11.3 Å². The van der Waals surface area contributed by atoms with Crippen LogP contribution in [0.3, 0.4) is 0 Å². The highest BCUT2D eigenvalue weighted by atomic mass is 32.1. The molecule has 1 rings (SSSR count). The standard InChI is InChI=1S/C6H8N2OS/c1-5(8-9-2)6-3-7-4-10-6/h3-4H,1-2H3/b8-5+. The van der Waals surface area contributed by atoms with Crippen LogP contribution in [0, 0.1) is 0 Å². The van der Waals surface area contributed by atoms with Crippen molar-refractivity contribution in [2.24, 2.45) is 5.16 Å². The molecule has 0 fully saturated rings. The van der Waals surface area contributed by atoms with Crippen LogP contribution in [0.15, 0.2) is 16.9 Å². The smallest absolute Gasteiger partial charge is 0.106 e. The van der Waals surface area contributed by atoms with Crippen LogP contribution < -0.4 is 0 Å². The van der Waals surface area contributed by atoms with Gasteiger partial charge in [-0.3, -0.25) is 4.98 Å². The Bertz CT molecular complexity index is 218. The Morgan fingerprint density at radius 3 is 3.10 bits per heavy atom. The summed E-state index contributed by atoms with van der Waals surface area (Å²) in [6, 6.07) is 0. The molecule has 1 aromatic rings. The quantitative estimate of drug-likeness (QED) is 0.480. The van der Waals surface area contributed by atoms with Crippen molar-refractivity contribution in [3.63, 3.8) is 0 Å². The minimum atomic E-state index is 0.866. The van der Waals surface area contributed by atoms with Crippen LogP contribution in [0.4, 0.5) is 0 Å². The molecule has 0 bridgehead atoms. The molecule has 4 heteroatoms. The van der Waals surface area contributed by atoms with Crippen molar-refractivity contribution < 1.29 is 4.84 Å². The Morgan fingerprint density at radius 1 is 1.80 bits per heavy atom. The normalized spacial score (nSPS) is 11.6. The van der Waals surface area contributed by atoms with E-state index in [2.05, 4.69) is 15.0 Å². The van der Waals surface area contributed by atoms with Gasteiger partial charge in [-0.15, -0.1) is 11.3 Å². The fourth-order valence-electron chi connectivity index (χ4n) is 0.576. The van der Waals surface area contributed by atoms with E-state index in [1.807, 2.05) is 6.92 Å². The second-order valence-corrected chi connectivity index (χ2v) is 2.61. The predicted octanol–water partition coefficient (Wildman–Crippen LogP) is 1.51. The lowest BCUT2D eigenvalue weighted by molar-refractivity contribution is 0.213. The van der Waals surface area contributed by atoms with E-state index in [0.29, 0.717) is 0 Å². The zero-order valence-electron chi connectivity index (χ0n) is 5.87. The SMILES string of the molecule is CO/N=C(\C)c1cncs1. The fourth-order valence-corrected chi connectivity index (χ4v) is 1.14. The van der Waals surface area contributed by atoms with Gasteiger partial charge >= 0.3 is 0 Å². The summed E-state index contributed by atoms with van der Waals surface area (Å²) in [5.41, 5.74) is 2.63. The highest BCUT2D eigenvalue weighted by molar-refractivity contribution is 7.11. The minimum Gasteiger partial charge on any atom is -0.399 e. The van der Waals surface area contributed by atoms with Crippen LogP contribution in [0.2, 0.25) is 0 Å². The lowest BCUT2D eigenvalue weighted by Crippen LogP contribution is -1.90. The second kappa shape index (κ2) is 3.31. The second-order valence-electron chi connectivity index (χ2n) is 1.72. The third-order valence-corrected chi connectivity index (χ3v) is 1.90. The Morgan fingerprint density at radius 2 is 2.60 bits per heavy atom. The molecular weight excluding hydrogens is 148 g/mol. The molecule has 0 radical (unpaired) electrons. The van der Waals surface area contributed by atoms with Crippen molar-refractivity contribution in [3.05, 3.63) is 16.6 Å². The van der Waals surface area contributed by atoms with Crippen molar-refractivity contribution in [3.8, 4) is 0 Å². The number of rotatable bonds is 2. The molecule has 0 aliphatic rings. The molecule has 0 saturated heterocycles. The van der Waals surface area contributed by atoms with Gasteiger partial charge in [0.25, 0.3) is 0 Å². The highest BCUT2D eigenvalue weighted by Gasteiger charge is 1.97. The summed E-state index contributed by atoms with van der Waals surface area (Å²) in [7, 11) is 1.53. The van der Waals surface area contributed by atoms with Crippen molar-refractivity contribution in [1.82, 2.24) is 4.98 Å². The summed E-state index contributed by atoms with van der Waals surface area (Å²) in [5.74, 6) is 0. The zero-order chi connectivity index (χ0) is 7.40. The topological polar surface area (TPSA) is 34.5 Å². The van der Waals surface area contributed by atoms with E-state index < -0.39 is 0 Å². The summed E-state index contributed by atoms with van der Waals surface area (Å²) < 4.78 is 0. The molecule has 0 spiro atoms. The minimum absolute atomic E-state index is 0.866. The van der Waals surface area contributed by atoms with Crippen LogP contribution in [-0.4, -0.2) is 17.8 Å². The maximum Gasteiger partial charge on any atom is 0.106 e. The predicted molar refractivity (Wildman–Crippen MR) is 41.3 cm³/mol. The third-order valence-electron chi connectivity index (χ3n) is 1.02. The first-order valence-electron chi connectivity index (χ1n) is 2.81. The van der Waals surface area contributed by atoms with Gasteiger partial charge in [-0.25, -0.2) is 0 Å². The first-order chi connectivity index (χ1) is 4.84. The maximum atomic E-state index is 4.59. The van der Waals surface area contributed by atoms with E-state index in [1.54, 1.807) is 23.0 Å². The first kappa shape index (κ1) is 7.21. The summed E-state index contributed by atoms with van der Waals surface area (Å²) in [6.07, 6.45) is 1.77. The highest BCUT2D eigenvalue weighted by Crippen LogP contribution is 2.06. The number of nitrogens with zero attached hydrogens (tertiary/aromatic N) is 2. The van der Waals surface area contributed by atoms with Crippen molar-refractivity contribution in [2.45, 2.75) is 6.92 Å². The van der Waals surface area contributed by atoms with E-state index in [1.165, 1.54) is 7.11 Å². The lowest BCUT2D eigenvalue weighted by Gasteiger charge is -1.91. The first-order valence-corrected chi connectivity index (χ1v) is 3.69. The monoisotopic (exact) mass is 156 g/mol. The molecule has 0 saturated carbocycles. The molecular formula is C6H8N2OS. The van der Waals surface area contributed by atoms with Gasteiger partial charge in [0.05, 0.1) is 16.1 Å². The van der Waals surface area contributed by atoms with Gasteiger partial charge in [-0.05, 0) is 6.92 Å². The summed E-state index contributed by atoms with van der Waals surface area (Å²) >= 11 is 1.55. The van der Waals surface area contributed by atoms with Gasteiger partial charge in [0.2, 0.25) is 0 Å². The molecule has 10 heavy (non-hydrogen) atoms. The number of hydrogen-bond acceptors (Lipinski definition) is 4. The van der Waals surface area contributed by atoms with Gasteiger partial charge in [-0.1, -0.05) is 5.16 Å². The van der Waals surface area contributed by atoms with E-state index in [9.17, 15) is 0 Å². The van der Waals surface area contributed by atoms with E-state index in [-0.39, 0.29) is 0 Å². The van der Waals surface area contributed by atoms with Gasteiger partial charge < -0.3 is 4.84 Å². The molecule has 1 heterocycles. The van der Waals surface area contributed by atoms with Crippen LogP contribution in [-0.2, 0) is 4.84 Å². The van der Waals surface area contributed by atoms with E-state index in [0.717, 1.165) is 10.6 Å². The van der Waals surface area contributed by atoms with Crippen molar-refractivity contribution >= 4 is 17.0 Å². The number of oxime groups is 1. The van der Waals surface area contributed by atoms with E-state index >= 15 is 0 Å². The Balaban J connectivity index is 2.77. The molecule has 0 unspecified atom stereocenters. The number of thiazole rings is 1. The molecule has 0 amide bonds. The Labute approximate surface area is 63.3 Å². The average molecular weight is 156 g/mol. The third kappa shape index (κ3) is 1.54. The Kier molecular flexibility index (Phi) is 2.39. The number of hydrogen-bond donors (Lipinski definition) is 0. The van der Waals surface area contributed by atoms with Crippen LogP contribution in [0.25, 0.3) is 0 Å². The molecule has 0 aliphatic heterocycles. The lowest BCUT2D eigenvalue weighted by atomic mass is 10.4. The Hall–Kier alpha value is -0.900. The number of aromatic nitrogens is 1. The van der Waals surface area contributed by atoms with Crippen LogP contribution in [0.1, 0.15) is 11.8 Å². The molecule has 54 valence electrons. The maximum absolute atomic E-state index is 4.59. The molecule has 0 aromatic carbocycles. The average Bonchev–Trinajstić information content (AvgIpc) is 2.38. The summed E-state index contributed by atoms with van der Waals surface area (Å²) in [4.78, 5) is 9.55. The van der Waals surface area contributed by atoms with Crippen molar-refractivity contribution in [1.29, 1.82) is 0 Å². The molecule has 0 N–H and O–H groups in total. The zero-order valence-corrected chi connectivity index (χ0v) is 6.68. The summed E-state index contributed by atoms with van der Waals surface area (Å²) in [6.45, 7) is 1.89. The van der Waals surface area contributed by atoms with Gasteiger partial charge in [0, 0.05) is 6.20 Å². The molecule has 3 nitrogen and oxygen atoms in total.